The van der Waals surface area contributed by atoms with Crippen LogP contribution in [0.15, 0.2) is 29.2 Å². The molecule has 0 N–H and O–H groups in total. The molecular formula is C17H25N3O2S. The molecule has 1 heterocycles. The third-order valence-electron chi connectivity index (χ3n) is 4.71. The molecule has 0 spiro atoms. The van der Waals surface area contributed by atoms with Crippen molar-refractivity contribution in [1.29, 1.82) is 5.26 Å². The van der Waals surface area contributed by atoms with Crippen molar-refractivity contribution in [3.8, 4) is 6.07 Å². The van der Waals surface area contributed by atoms with Gasteiger partial charge in [0.05, 0.1) is 17.0 Å². The summed E-state index contributed by atoms with van der Waals surface area (Å²) in [7, 11) is -3.44. The maximum Gasteiger partial charge on any atom is 0.243 e. The van der Waals surface area contributed by atoms with E-state index < -0.39 is 10.0 Å². The second kappa shape index (κ2) is 7.43. The summed E-state index contributed by atoms with van der Waals surface area (Å²) in [6, 6.07) is 9.27. The van der Waals surface area contributed by atoms with Crippen LogP contribution < -0.4 is 0 Å². The molecular weight excluding hydrogens is 310 g/mol. The van der Waals surface area contributed by atoms with Crippen molar-refractivity contribution < 1.29 is 8.42 Å². The zero-order chi connectivity index (χ0) is 17.0. The highest BCUT2D eigenvalue weighted by Crippen LogP contribution is 2.23. The predicted molar refractivity (Wildman–Crippen MR) is 90.6 cm³/mol. The summed E-state index contributed by atoms with van der Waals surface area (Å²) < 4.78 is 27.0. The molecule has 1 aliphatic heterocycles. The number of nitriles is 1. The van der Waals surface area contributed by atoms with Crippen molar-refractivity contribution in [3.05, 3.63) is 29.8 Å². The monoisotopic (exact) mass is 335 g/mol. The van der Waals surface area contributed by atoms with E-state index in [1.54, 1.807) is 12.1 Å². The van der Waals surface area contributed by atoms with Gasteiger partial charge in [-0.05, 0) is 37.0 Å². The van der Waals surface area contributed by atoms with E-state index in [0.29, 0.717) is 37.0 Å². The lowest BCUT2D eigenvalue weighted by atomic mass is 9.99. The second-order valence-electron chi connectivity index (χ2n) is 6.12. The molecule has 0 radical (unpaired) electrons. The molecule has 1 aliphatic rings. The SMILES string of the molecule is CC[C@H](C)c1ccc(S(=O)(=O)N2CCN([C@@H](C)C#N)CC2)cc1. The average molecular weight is 335 g/mol. The summed E-state index contributed by atoms with van der Waals surface area (Å²) in [5.41, 5.74) is 1.17. The largest absolute Gasteiger partial charge is 0.286 e. The van der Waals surface area contributed by atoms with Crippen molar-refractivity contribution in [2.45, 2.75) is 44.0 Å². The maximum atomic E-state index is 12.7. The Labute approximate surface area is 139 Å². The minimum atomic E-state index is -3.44. The third-order valence-corrected chi connectivity index (χ3v) is 6.62. The molecule has 0 aromatic heterocycles. The molecule has 126 valence electrons. The van der Waals surface area contributed by atoms with Gasteiger partial charge in [0.25, 0.3) is 0 Å². The van der Waals surface area contributed by atoms with Crippen LogP contribution in [0.4, 0.5) is 0 Å². The first-order valence-corrected chi connectivity index (χ1v) is 9.58. The van der Waals surface area contributed by atoms with Gasteiger partial charge in [-0.1, -0.05) is 26.0 Å². The van der Waals surface area contributed by atoms with E-state index in [1.165, 1.54) is 9.87 Å². The highest BCUT2D eigenvalue weighted by molar-refractivity contribution is 7.89. The molecule has 6 heteroatoms. The Hall–Kier alpha value is -1.42. The average Bonchev–Trinajstić information content (AvgIpc) is 2.60. The summed E-state index contributed by atoms with van der Waals surface area (Å²) >= 11 is 0. The van der Waals surface area contributed by atoms with Gasteiger partial charge in [-0.2, -0.15) is 9.57 Å². The van der Waals surface area contributed by atoms with Crippen LogP contribution in [0.5, 0.6) is 0 Å². The molecule has 1 saturated heterocycles. The molecule has 0 aliphatic carbocycles. The Kier molecular flexibility index (Phi) is 5.79. The fourth-order valence-corrected chi connectivity index (χ4v) is 4.19. The molecule has 2 atom stereocenters. The lowest BCUT2D eigenvalue weighted by molar-refractivity contribution is 0.169. The van der Waals surface area contributed by atoms with Gasteiger partial charge in [0, 0.05) is 26.2 Å². The first-order chi connectivity index (χ1) is 10.9. The van der Waals surface area contributed by atoms with Crippen LogP contribution in [0.3, 0.4) is 0 Å². The molecule has 0 saturated carbocycles. The van der Waals surface area contributed by atoms with Gasteiger partial charge in [0.1, 0.15) is 0 Å². The highest BCUT2D eigenvalue weighted by atomic mass is 32.2. The number of piperazine rings is 1. The Bertz CT molecular complexity index is 656. The minimum absolute atomic E-state index is 0.172. The molecule has 1 aromatic rings. The smallest absolute Gasteiger partial charge is 0.243 e. The van der Waals surface area contributed by atoms with Crippen LogP contribution in [0.2, 0.25) is 0 Å². The van der Waals surface area contributed by atoms with Crippen LogP contribution in [0.25, 0.3) is 0 Å². The van der Waals surface area contributed by atoms with Crippen LogP contribution >= 0.6 is 0 Å². The molecule has 1 fully saturated rings. The van der Waals surface area contributed by atoms with Gasteiger partial charge in [-0.3, -0.25) is 4.90 Å². The zero-order valence-corrected chi connectivity index (χ0v) is 14.9. The minimum Gasteiger partial charge on any atom is -0.286 e. The van der Waals surface area contributed by atoms with Crippen LogP contribution in [0.1, 0.15) is 38.7 Å². The van der Waals surface area contributed by atoms with Gasteiger partial charge in [0.2, 0.25) is 10.0 Å². The van der Waals surface area contributed by atoms with Crippen LogP contribution in [0, 0.1) is 11.3 Å². The lowest BCUT2D eigenvalue weighted by Gasteiger charge is -2.35. The van der Waals surface area contributed by atoms with Gasteiger partial charge >= 0.3 is 0 Å². The quantitative estimate of drug-likeness (QED) is 0.829. The molecule has 0 bridgehead atoms. The fraction of sp³-hybridized carbons (Fsp3) is 0.588. The molecule has 2 rings (SSSR count). The van der Waals surface area contributed by atoms with Crippen molar-refractivity contribution in [3.63, 3.8) is 0 Å². The number of nitrogens with zero attached hydrogens (tertiary/aromatic N) is 3. The molecule has 5 nitrogen and oxygen atoms in total. The topological polar surface area (TPSA) is 64.4 Å². The summed E-state index contributed by atoms with van der Waals surface area (Å²) in [6.45, 7) is 8.16. The number of benzene rings is 1. The Morgan fingerprint density at radius 1 is 1.13 bits per heavy atom. The van der Waals surface area contributed by atoms with E-state index in [-0.39, 0.29) is 6.04 Å². The summed E-state index contributed by atoms with van der Waals surface area (Å²) in [4.78, 5) is 2.37. The van der Waals surface area contributed by atoms with E-state index >= 15 is 0 Å². The molecule has 0 unspecified atom stereocenters. The Morgan fingerprint density at radius 2 is 1.70 bits per heavy atom. The predicted octanol–water partition coefficient (Wildman–Crippen LogP) is 2.42. The summed E-state index contributed by atoms with van der Waals surface area (Å²) in [5.74, 6) is 0.433. The first kappa shape index (κ1) is 17.9. The Morgan fingerprint density at radius 3 is 2.17 bits per heavy atom. The fourth-order valence-electron chi connectivity index (χ4n) is 2.77. The van der Waals surface area contributed by atoms with Gasteiger partial charge < -0.3 is 0 Å². The van der Waals surface area contributed by atoms with E-state index in [2.05, 4.69) is 19.9 Å². The first-order valence-electron chi connectivity index (χ1n) is 8.14. The lowest BCUT2D eigenvalue weighted by Crippen LogP contribution is -2.50. The second-order valence-corrected chi connectivity index (χ2v) is 8.06. The summed E-state index contributed by atoms with van der Waals surface area (Å²) in [5, 5.41) is 8.96. The van der Waals surface area contributed by atoms with E-state index in [9.17, 15) is 8.42 Å². The standard InChI is InChI=1S/C17H25N3O2S/c1-4-14(2)16-5-7-17(8-6-16)23(21,22)20-11-9-19(10-12-20)15(3)13-18/h5-8,14-15H,4,9-12H2,1-3H3/t14-,15-/m0/s1. The zero-order valence-electron chi connectivity index (χ0n) is 14.1. The summed E-state index contributed by atoms with van der Waals surface area (Å²) in [6.07, 6.45) is 1.03. The van der Waals surface area contributed by atoms with Crippen molar-refractivity contribution in [1.82, 2.24) is 9.21 Å². The van der Waals surface area contributed by atoms with E-state index in [4.69, 9.17) is 5.26 Å². The van der Waals surface area contributed by atoms with E-state index in [0.717, 1.165) is 6.42 Å². The van der Waals surface area contributed by atoms with Crippen molar-refractivity contribution in [2.24, 2.45) is 0 Å². The van der Waals surface area contributed by atoms with Crippen LogP contribution in [-0.4, -0.2) is 49.8 Å². The number of hydrogen-bond donors (Lipinski definition) is 0. The van der Waals surface area contributed by atoms with Gasteiger partial charge in [-0.15, -0.1) is 0 Å². The maximum absolute atomic E-state index is 12.7. The molecule has 0 amide bonds. The Balaban J connectivity index is 2.09. The molecule has 1 aromatic carbocycles. The van der Waals surface area contributed by atoms with Gasteiger partial charge in [-0.25, -0.2) is 8.42 Å². The number of hydrogen-bond acceptors (Lipinski definition) is 4. The van der Waals surface area contributed by atoms with Gasteiger partial charge in [0.15, 0.2) is 0 Å². The third kappa shape index (κ3) is 3.92. The van der Waals surface area contributed by atoms with Crippen molar-refractivity contribution in [2.75, 3.05) is 26.2 Å². The van der Waals surface area contributed by atoms with Crippen molar-refractivity contribution >= 4 is 10.0 Å². The normalized spacial score (nSPS) is 19.9. The number of rotatable bonds is 5. The number of sulfonamides is 1. The molecule has 23 heavy (non-hydrogen) atoms. The highest BCUT2D eigenvalue weighted by Gasteiger charge is 2.29. The van der Waals surface area contributed by atoms with Crippen LogP contribution in [-0.2, 0) is 10.0 Å². The van der Waals surface area contributed by atoms with E-state index in [1.807, 2.05) is 24.0 Å².